The van der Waals surface area contributed by atoms with Crippen LogP contribution in [0.5, 0.6) is 17.2 Å². The van der Waals surface area contributed by atoms with E-state index in [1.54, 1.807) is 12.4 Å². The Kier molecular flexibility index (Phi) is 6.64. The van der Waals surface area contributed by atoms with E-state index >= 15 is 0 Å². The number of rotatable bonds is 8. The normalized spacial score (nSPS) is 10.7. The number of nitrogens with one attached hydrogen (secondary N) is 1. The summed E-state index contributed by atoms with van der Waals surface area (Å²) in [6, 6.07) is 39.8. The maximum atomic E-state index is 6.08. The van der Waals surface area contributed by atoms with Crippen molar-refractivity contribution in [1.82, 2.24) is 15.0 Å². The molecule has 0 unspecified atom stereocenters. The van der Waals surface area contributed by atoms with Crippen LogP contribution in [0.2, 0.25) is 0 Å². The van der Waals surface area contributed by atoms with Gasteiger partial charge in [0, 0.05) is 29.1 Å². The second-order valence-electron chi connectivity index (χ2n) is 8.79. The van der Waals surface area contributed by atoms with E-state index in [1.165, 1.54) is 0 Å². The Morgan fingerprint density at radius 1 is 0.579 bits per heavy atom. The Labute approximate surface area is 221 Å². The molecule has 184 valence electrons. The van der Waals surface area contributed by atoms with E-state index in [-0.39, 0.29) is 0 Å². The summed E-state index contributed by atoms with van der Waals surface area (Å²) in [6.45, 7) is 0.526. The maximum absolute atomic E-state index is 6.08. The summed E-state index contributed by atoms with van der Waals surface area (Å²) in [6.07, 6.45) is 3.57. The number of pyridine rings is 1. The monoisotopic (exact) mass is 495 g/mol. The van der Waals surface area contributed by atoms with Crippen LogP contribution in [0.25, 0.3) is 33.9 Å². The van der Waals surface area contributed by atoms with E-state index in [9.17, 15) is 0 Å². The third-order valence-electron chi connectivity index (χ3n) is 6.14. The van der Waals surface area contributed by atoms with E-state index in [0.717, 1.165) is 56.7 Å². The van der Waals surface area contributed by atoms with Gasteiger partial charge in [0.2, 0.25) is 0 Å². The molecule has 0 radical (unpaired) electrons. The van der Waals surface area contributed by atoms with Crippen LogP contribution < -0.4 is 9.47 Å². The Balaban J connectivity index is 1.31. The number of hydrogen-bond donors (Lipinski definition) is 1. The number of para-hydroxylation sites is 1. The first-order valence-electron chi connectivity index (χ1n) is 12.4. The van der Waals surface area contributed by atoms with Crippen LogP contribution in [-0.2, 0) is 6.61 Å². The molecule has 0 fully saturated rings. The molecular formula is C33H25N3O2. The van der Waals surface area contributed by atoms with Gasteiger partial charge in [-0.3, -0.25) is 4.98 Å². The molecule has 5 nitrogen and oxygen atoms in total. The molecule has 0 atom stereocenters. The van der Waals surface area contributed by atoms with Crippen molar-refractivity contribution in [2.45, 2.75) is 6.61 Å². The molecule has 4 aromatic carbocycles. The van der Waals surface area contributed by atoms with Gasteiger partial charge < -0.3 is 14.5 Å². The summed E-state index contributed by atoms with van der Waals surface area (Å²) in [5.74, 6) is 3.12. The number of aromatic amines is 1. The number of H-pyrrole nitrogens is 1. The largest absolute Gasteiger partial charge is 0.489 e. The fourth-order valence-electron chi connectivity index (χ4n) is 4.23. The molecule has 0 aliphatic carbocycles. The fraction of sp³-hybridized carbons (Fsp3) is 0.0303. The average Bonchev–Trinajstić information content (AvgIpc) is 3.44. The van der Waals surface area contributed by atoms with Crippen LogP contribution in [0.15, 0.2) is 134 Å². The molecule has 1 N–H and O–H groups in total. The maximum Gasteiger partial charge on any atom is 0.138 e. The predicted molar refractivity (Wildman–Crippen MR) is 150 cm³/mol. The lowest BCUT2D eigenvalue weighted by Gasteiger charge is -2.08. The van der Waals surface area contributed by atoms with Gasteiger partial charge in [-0.15, -0.1) is 0 Å². The number of ether oxygens (including phenoxy) is 2. The minimum absolute atomic E-state index is 0.526. The summed E-state index contributed by atoms with van der Waals surface area (Å²) in [7, 11) is 0. The average molecular weight is 496 g/mol. The van der Waals surface area contributed by atoms with Crippen LogP contribution in [0, 0.1) is 0 Å². The first-order valence-corrected chi connectivity index (χ1v) is 12.4. The van der Waals surface area contributed by atoms with Gasteiger partial charge in [0.25, 0.3) is 0 Å². The number of nitrogens with zero attached hydrogens (tertiary/aromatic N) is 2. The van der Waals surface area contributed by atoms with Crippen LogP contribution in [-0.4, -0.2) is 15.0 Å². The summed E-state index contributed by atoms with van der Waals surface area (Å²) < 4.78 is 12.0. The molecule has 0 saturated carbocycles. The van der Waals surface area contributed by atoms with Gasteiger partial charge in [-0.25, -0.2) is 4.98 Å². The van der Waals surface area contributed by atoms with Crippen LogP contribution in [0.1, 0.15) is 5.56 Å². The van der Waals surface area contributed by atoms with Gasteiger partial charge in [-0.2, -0.15) is 0 Å². The van der Waals surface area contributed by atoms with E-state index in [2.05, 4.69) is 22.1 Å². The van der Waals surface area contributed by atoms with Crippen LogP contribution in [0.4, 0.5) is 0 Å². The minimum Gasteiger partial charge on any atom is -0.489 e. The molecule has 38 heavy (non-hydrogen) atoms. The molecule has 6 rings (SSSR count). The summed E-state index contributed by atoms with van der Waals surface area (Å²) in [5, 5.41) is 0. The molecule has 0 saturated heterocycles. The zero-order valence-corrected chi connectivity index (χ0v) is 20.6. The Hall–Kier alpha value is -5.16. The summed E-state index contributed by atoms with van der Waals surface area (Å²) >= 11 is 0. The third kappa shape index (κ3) is 5.32. The standard InChI is InChI=1S/C33H25N3O2/c1-3-8-24(9-4-1)23-37-28-16-14-26(15-17-28)33-35-31(25-18-20-34-21-19-25)32(36-33)27-10-7-13-30(22-27)38-29-11-5-2-6-12-29/h1-22H,23H2,(H,35,36). The first-order chi connectivity index (χ1) is 18.8. The zero-order valence-electron chi connectivity index (χ0n) is 20.6. The molecule has 6 aromatic rings. The lowest BCUT2D eigenvalue weighted by Crippen LogP contribution is -1.94. The predicted octanol–water partition coefficient (Wildman–Crippen LogP) is 8.18. The van der Waals surface area contributed by atoms with Crippen molar-refractivity contribution in [3.63, 3.8) is 0 Å². The molecule has 5 heteroatoms. The van der Waals surface area contributed by atoms with Crippen LogP contribution >= 0.6 is 0 Å². The molecular weight excluding hydrogens is 470 g/mol. The topological polar surface area (TPSA) is 60.0 Å². The van der Waals surface area contributed by atoms with Crippen molar-refractivity contribution in [1.29, 1.82) is 0 Å². The smallest absolute Gasteiger partial charge is 0.138 e. The molecule has 0 aliphatic rings. The minimum atomic E-state index is 0.526. The molecule has 0 spiro atoms. The van der Waals surface area contributed by atoms with Gasteiger partial charge in [-0.1, -0.05) is 60.7 Å². The van der Waals surface area contributed by atoms with Crippen molar-refractivity contribution in [3.05, 3.63) is 139 Å². The van der Waals surface area contributed by atoms with Gasteiger partial charge in [0.15, 0.2) is 0 Å². The highest BCUT2D eigenvalue weighted by atomic mass is 16.5. The quantitative estimate of drug-likeness (QED) is 0.231. The van der Waals surface area contributed by atoms with E-state index in [4.69, 9.17) is 14.5 Å². The van der Waals surface area contributed by atoms with Crippen LogP contribution in [0.3, 0.4) is 0 Å². The highest BCUT2D eigenvalue weighted by Gasteiger charge is 2.16. The SMILES string of the molecule is c1ccc(COc2ccc(-c3nc(-c4cccc(Oc5ccccc5)c4)c(-c4ccncc4)[nH]3)cc2)cc1. The van der Waals surface area contributed by atoms with E-state index in [1.807, 2.05) is 109 Å². The number of hydrogen-bond acceptors (Lipinski definition) is 4. The van der Waals surface area contributed by atoms with Crippen molar-refractivity contribution in [2.75, 3.05) is 0 Å². The number of imidazole rings is 1. The highest BCUT2D eigenvalue weighted by Crippen LogP contribution is 2.35. The van der Waals surface area contributed by atoms with Gasteiger partial charge in [-0.05, 0) is 66.2 Å². The van der Waals surface area contributed by atoms with Crippen molar-refractivity contribution in [2.24, 2.45) is 0 Å². The lowest BCUT2D eigenvalue weighted by atomic mass is 10.1. The second-order valence-corrected chi connectivity index (χ2v) is 8.79. The lowest BCUT2D eigenvalue weighted by molar-refractivity contribution is 0.306. The Morgan fingerprint density at radius 3 is 2.05 bits per heavy atom. The Bertz CT molecular complexity index is 1610. The highest BCUT2D eigenvalue weighted by molar-refractivity contribution is 5.81. The fourth-order valence-corrected chi connectivity index (χ4v) is 4.23. The molecule has 0 amide bonds. The summed E-state index contributed by atoms with van der Waals surface area (Å²) in [5.41, 5.74) is 5.82. The zero-order chi connectivity index (χ0) is 25.6. The number of aromatic nitrogens is 3. The molecule has 2 aromatic heterocycles. The van der Waals surface area contributed by atoms with Crippen molar-refractivity contribution in [3.8, 4) is 51.2 Å². The van der Waals surface area contributed by atoms with E-state index in [0.29, 0.717) is 6.61 Å². The van der Waals surface area contributed by atoms with E-state index < -0.39 is 0 Å². The Morgan fingerprint density at radius 2 is 1.29 bits per heavy atom. The number of benzene rings is 4. The van der Waals surface area contributed by atoms with Crippen molar-refractivity contribution < 1.29 is 9.47 Å². The van der Waals surface area contributed by atoms with Gasteiger partial charge in [0.1, 0.15) is 29.7 Å². The van der Waals surface area contributed by atoms with Crippen molar-refractivity contribution >= 4 is 0 Å². The van der Waals surface area contributed by atoms with Gasteiger partial charge >= 0.3 is 0 Å². The van der Waals surface area contributed by atoms with Gasteiger partial charge in [0.05, 0.1) is 11.4 Å². The molecule has 2 heterocycles. The third-order valence-corrected chi connectivity index (χ3v) is 6.14. The molecule has 0 bridgehead atoms. The first kappa shape index (κ1) is 23.3. The summed E-state index contributed by atoms with van der Waals surface area (Å²) in [4.78, 5) is 12.7. The molecule has 0 aliphatic heterocycles. The second kappa shape index (κ2) is 10.8.